The number of amides is 1. The zero-order chi connectivity index (χ0) is 23.6. The summed E-state index contributed by atoms with van der Waals surface area (Å²) in [6.07, 6.45) is 3.53. The quantitative estimate of drug-likeness (QED) is 0.387. The van der Waals surface area contributed by atoms with Crippen LogP contribution in [0.4, 0.5) is 0 Å². The Bertz CT molecular complexity index is 1460. The van der Waals surface area contributed by atoms with Gasteiger partial charge in [-0.25, -0.2) is 13.2 Å². The van der Waals surface area contributed by atoms with Gasteiger partial charge in [-0.15, -0.1) is 0 Å². The smallest absolute Gasteiger partial charge is 0.408 e. The summed E-state index contributed by atoms with van der Waals surface area (Å²) >= 11 is 0. The summed E-state index contributed by atoms with van der Waals surface area (Å²) in [7, 11) is -1.17. The second-order valence-corrected chi connectivity index (χ2v) is 9.22. The fourth-order valence-corrected chi connectivity index (χ4v) is 4.22. The summed E-state index contributed by atoms with van der Waals surface area (Å²) in [5, 5.41) is 6.49. The van der Waals surface area contributed by atoms with Crippen LogP contribution in [0.15, 0.2) is 61.4 Å². The summed E-state index contributed by atoms with van der Waals surface area (Å²) in [5.74, 6) is -0.375. The maximum atomic E-state index is 12.8. The minimum absolute atomic E-state index is 0.0885. The zero-order valence-corrected chi connectivity index (χ0v) is 18.6. The molecule has 4 aromatic rings. The number of nitrogens with zero attached hydrogens (tertiary/aromatic N) is 5. The van der Waals surface area contributed by atoms with Crippen molar-refractivity contribution in [3.63, 3.8) is 0 Å². The molecule has 0 saturated heterocycles. The molecule has 0 aliphatic heterocycles. The fraction of sp³-hybridized carbons (Fsp3) is 0.250. The molecule has 0 spiro atoms. The molecule has 0 aliphatic carbocycles. The molecular weight excluding hydrogens is 452 g/mol. The first-order valence-corrected chi connectivity index (χ1v) is 11.3. The van der Waals surface area contributed by atoms with E-state index in [-0.39, 0.29) is 17.0 Å². The molecule has 3 heterocycles. The Morgan fingerprint density at radius 3 is 2.85 bits per heavy atom. The average molecular weight is 472 g/mol. The largest absolute Gasteiger partial charge is 0.419 e. The van der Waals surface area contributed by atoms with Crippen LogP contribution in [0.25, 0.3) is 22.6 Å². The number of fused-ring (bicyclic) bond motifs is 1. The van der Waals surface area contributed by atoms with Crippen molar-refractivity contribution in [3.05, 3.63) is 59.1 Å². The number of hydrogen-bond donors (Lipinski definition) is 1. The molecule has 13 heteroatoms. The van der Waals surface area contributed by atoms with Gasteiger partial charge in [0.05, 0.1) is 22.5 Å². The van der Waals surface area contributed by atoms with Crippen molar-refractivity contribution >= 4 is 27.0 Å². The Labute approximate surface area is 187 Å². The summed E-state index contributed by atoms with van der Waals surface area (Å²) in [6, 6.07) is 7.63. The van der Waals surface area contributed by atoms with Gasteiger partial charge in [-0.2, -0.15) is 9.29 Å². The Kier molecular flexibility index (Phi) is 6.07. The van der Waals surface area contributed by atoms with E-state index in [4.69, 9.17) is 8.94 Å². The maximum Gasteiger partial charge on any atom is 0.419 e. The third-order valence-corrected chi connectivity index (χ3v) is 6.68. The normalized spacial score (nSPS) is 11.8. The number of oxazole rings is 1. The number of sulfonamides is 1. The fourth-order valence-electron chi connectivity index (χ4n) is 3.07. The molecule has 0 aliphatic rings. The summed E-state index contributed by atoms with van der Waals surface area (Å²) in [6.45, 7) is -0.202. The zero-order valence-electron chi connectivity index (χ0n) is 17.8. The van der Waals surface area contributed by atoms with Crippen molar-refractivity contribution < 1.29 is 22.2 Å². The second-order valence-electron chi connectivity index (χ2n) is 7.18. The van der Waals surface area contributed by atoms with Crippen LogP contribution in [-0.4, -0.2) is 58.5 Å². The summed E-state index contributed by atoms with van der Waals surface area (Å²) in [4.78, 5) is 32.0. The van der Waals surface area contributed by atoms with Crippen LogP contribution < -0.4 is 11.1 Å². The number of likely N-dealkylation sites (N-methyl/N-ethyl adjacent to an activating group) is 1. The van der Waals surface area contributed by atoms with E-state index in [1.54, 1.807) is 24.5 Å². The predicted octanol–water partition coefficient (Wildman–Crippen LogP) is 0.556. The number of nitrogens with one attached hydrogen (secondary N) is 1. The molecule has 1 N–H and O–H groups in total. The molecule has 1 amide bonds. The molecule has 1 aromatic carbocycles. The number of carbonyl (C=O) groups excluding carboxylic acids is 1. The number of hydrogen-bond acceptors (Lipinski definition) is 9. The number of rotatable bonds is 8. The Hall–Kier alpha value is -3.84. The maximum absolute atomic E-state index is 12.8. The highest BCUT2D eigenvalue weighted by atomic mass is 32.2. The van der Waals surface area contributed by atoms with E-state index < -0.39 is 28.2 Å². The monoisotopic (exact) mass is 472 g/mol. The Morgan fingerprint density at radius 1 is 1.27 bits per heavy atom. The SMILES string of the molecule is CN(CC(=O)NCCc1noc(-c2cccnc2)n1)S(=O)(=O)c1ccc2c(c1)oc(=O)n2C. The highest BCUT2D eigenvalue weighted by molar-refractivity contribution is 7.89. The lowest BCUT2D eigenvalue weighted by Crippen LogP contribution is -2.39. The molecule has 0 radical (unpaired) electrons. The Morgan fingerprint density at radius 2 is 2.09 bits per heavy atom. The minimum Gasteiger partial charge on any atom is -0.408 e. The highest BCUT2D eigenvalue weighted by Gasteiger charge is 2.24. The summed E-state index contributed by atoms with van der Waals surface area (Å²) < 4.78 is 38.0. The minimum atomic E-state index is -3.98. The molecule has 3 aromatic heterocycles. The lowest BCUT2D eigenvalue weighted by Gasteiger charge is -2.16. The van der Waals surface area contributed by atoms with E-state index in [1.807, 2.05) is 0 Å². The van der Waals surface area contributed by atoms with Crippen LogP contribution in [0.2, 0.25) is 0 Å². The number of benzene rings is 1. The molecule has 33 heavy (non-hydrogen) atoms. The van der Waals surface area contributed by atoms with Crippen LogP contribution in [0.3, 0.4) is 0 Å². The molecule has 0 atom stereocenters. The molecule has 172 valence electrons. The van der Waals surface area contributed by atoms with Crippen LogP contribution >= 0.6 is 0 Å². The van der Waals surface area contributed by atoms with Crippen LogP contribution in [0, 0.1) is 0 Å². The van der Waals surface area contributed by atoms with Crippen molar-refractivity contribution in [1.82, 2.24) is 29.3 Å². The molecule has 4 rings (SSSR count). The van der Waals surface area contributed by atoms with Gasteiger partial charge < -0.3 is 14.3 Å². The second kappa shape index (κ2) is 8.96. The molecule has 0 unspecified atom stereocenters. The highest BCUT2D eigenvalue weighted by Crippen LogP contribution is 2.20. The number of pyridine rings is 1. The van der Waals surface area contributed by atoms with Crippen molar-refractivity contribution in [2.75, 3.05) is 20.1 Å². The van der Waals surface area contributed by atoms with E-state index >= 15 is 0 Å². The van der Waals surface area contributed by atoms with Gasteiger partial charge in [-0.3, -0.25) is 14.3 Å². The van der Waals surface area contributed by atoms with E-state index in [0.29, 0.717) is 29.2 Å². The van der Waals surface area contributed by atoms with Gasteiger partial charge in [-0.05, 0) is 24.3 Å². The predicted molar refractivity (Wildman–Crippen MR) is 116 cm³/mol. The van der Waals surface area contributed by atoms with E-state index in [2.05, 4.69) is 20.4 Å². The third kappa shape index (κ3) is 4.68. The van der Waals surface area contributed by atoms with E-state index in [0.717, 1.165) is 4.31 Å². The topological polar surface area (TPSA) is 153 Å². The van der Waals surface area contributed by atoms with Crippen molar-refractivity contribution in [3.8, 4) is 11.5 Å². The van der Waals surface area contributed by atoms with E-state index in [1.165, 1.54) is 36.9 Å². The molecular formula is C20H20N6O6S. The lowest BCUT2D eigenvalue weighted by atomic mass is 10.3. The molecule has 0 bridgehead atoms. The molecule has 0 saturated carbocycles. The van der Waals surface area contributed by atoms with Gasteiger partial charge >= 0.3 is 5.76 Å². The lowest BCUT2D eigenvalue weighted by molar-refractivity contribution is -0.121. The average Bonchev–Trinajstić information content (AvgIpc) is 3.38. The van der Waals surface area contributed by atoms with Crippen LogP contribution in [-0.2, 0) is 28.3 Å². The van der Waals surface area contributed by atoms with Crippen molar-refractivity contribution in [2.24, 2.45) is 7.05 Å². The molecule has 0 fully saturated rings. The van der Waals surface area contributed by atoms with E-state index in [9.17, 15) is 18.0 Å². The van der Waals surface area contributed by atoms with Gasteiger partial charge in [-0.1, -0.05) is 5.16 Å². The summed E-state index contributed by atoms with van der Waals surface area (Å²) in [5.41, 5.74) is 1.29. The number of carbonyl (C=O) groups is 1. The van der Waals surface area contributed by atoms with Gasteiger partial charge in [0.1, 0.15) is 0 Å². The van der Waals surface area contributed by atoms with Gasteiger partial charge in [0.25, 0.3) is 5.89 Å². The molecule has 12 nitrogen and oxygen atoms in total. The first-order valence-electron chi connectivity index (χ1n) is 9.81. The van der Waals surface area contributed by atoms with Gasteiger partial charge in [0.15, 0.2) is 11.4 Å². The van der Waals surface area contributed by atoms with Crippen molar-refractivity contribution in [2.45, 2.75) is 11.3 Å². The van der Waals surface area contributed by atoms with Crippen LogP contribution in [0.5, 0.6) is 0 Å². The first kappa shape index (κ1) is 22.4. The number of aryl methyl sites for hydroxylation is 1. The standard InChI is InChI=1S/C20H20N6O6S/c1-25(33(29,30)14-5-6-15-16(10-14)31-20(28)26(15)2)12-18(27)22-9-7-17-23-19(32-24-17)13-4-3-8-21-11-13/h3-6,8,10-11H,7,9,12H2,1-2H3,(H,22,27). The third-order valence-electron chi connectivity index (χ3n) is 4.89. The van der Waals surface area contributed by atoms with Crippen LogP contribution in [0.1, 0.15) is 5.82 Å². The Balaban J connectivity index is 1.33. The first-order chi connectivity index (χ1) is 15.8. The van der Waals surface area contributed by atoms with Gasteiger partial charge in [0, 0.05) is 45.5 Å². The van der Waals surface area contributed by atoms with Gasteiger partial charge in [0.2, 0.25) is 15.9 Å². The number of aromatic nitrogens is 4. The van der Waals surface area contributed by atoms with Crippen molar-refractivity contribution in [1.29, 1.82) is 0 Å².